The second-order valence-corrected chi connectivity index (χ2v) is 16.9. The van der Waals surface area contributed by atoms with Crippen molar-refractivity contribution in [2.75, 3.05) is 13.1 Å². The van der Waals surface area contributed by atoms with Crippen molar-refractivity contribution in [3.8, 4) is 0 Å². The Morgan fingerprint density at radius 3 is 2.28 bits per heavy atom. The first-order valence-electron chi connectivity index (χ1n) is 20.9. The van der Waals surface area contributed by atoms with E-state index >= 15 is 4.79 Å². The summed E-state index contributed by atoms with van der Waals surface area (Å²) in [6.07, 6.45) is 12.3. The number of benzene rings is 1. The smallest absolute Gasteiger partial charge is 0.326 e. The van der Waals surface area contributed by atoms with E-state index in [9.17, 15) is 24.3 Å². The highest BCUT2D eigenvalue weighted by molar-refractivity contribution is 7.09. The number of unbranched alkanes of at least 4 members (excludes halogenated alkanes) is 6. The third-order valence-corrected chi connectivity index (χ3v) is 12.6. The first-order valence-corrected chi connectivity index (χ1v) is 21.7. The Labute approximate surface area is 340 Å². The Morgan fingerprint density at radius 1 is 0.860 bits per heavy atom. The van der Waals surface area contributed by atoms with E-state index in [4.69, 9.17) is 17.2 Å². The summed E-state index contributed by atoms with van der Waals surface area (Å²) in [5, 5.41) is 17.7. The number of nitrogens with zero attached hydrogens (tertiary/aromatic N) is 3. The van der Waals surface area contributed by atoms with Gasteiger partial charge in [-0.05, 0) is 80.0 Å². The molecule has 57 heavy (non-hydrogen) atoms. The predicted octanol–water partition coefficient (Wildman–Crippen LogP) is 3.59. The summed E-state index contributed by atoms with van der Waals surface area (Å²) in [6, 6.07) is 7.54. The molecule has 6 atom stereocenters. The molecule has 2 aromatic rings. The molecule has 5 rings (SSSR count). The van der Waals surface area contributed by atoms with Crippen LogP contribution in [0, 0.1) is 5.92 Å². The number of nitrogens with two attached hydrogens (primary N) is 3. The van der Waals surface area contributed by atoms with Gasteiger partial charge in [0, 0.05) is 43.3 Å². The van der Waals surface area contributed by atoms with E-state index in [0.717, 1.165) is 86.6 Å². The summed E-state index contributed by atoms with van der Waals surface area (Å²) >= 11 is 1.51. The van der Waals surface area contributed by atoms with Gasteiger partial charge in [0.25, 0.3) is 0 Å². The van der Waals surface area contributed by atoms with Crippen molar-refractivity contribution in [1.82, 2.24) is 20.4 Å². The highest BCUT2D eigenvalue weighted by Gasteiger charge is 2.51. The summed E-state index contributed by atoms with van der Waals surface area (Å²) < 4.78 is 0. The molecular weight excluding hydrogens is 745 g/mol. The molecule has 4 amide bonds. The molecule has 0 bridgehead atoms. The van der Waals surface area contributed by atoms with Crippen molar-refractivity contribution >= 4 is 46.9 Å². The fourth-order valence-electron chi connectivity index (χ4n) is 8.80. The topological polar surface area (TPSA) is 227 Å². The van der Waals surface area contributed by atoms with Crippen molar-refractivity contribution in [2.24, 2.45) is 28.1 Å². The van der Waals surface area contributed by atoms with E-state index in [1.807, 2.05) is 41.8 Å². The minimum atomic E-state index is -1.19. The van der Waals surface area contributed by atoms with E-state index in [1.165, 1.54) is 11.3 Å². The Morgan fingerprint density at radius 2 is 1.58 bits per heavy atom. The van der Waals surface area contributed by atoms with Gasteiger partial charge in [-0.15, -0.1) is 11.3 Å². The van der Waals surface area contributed by atoms with Crippen LogP contribution < -0.4 is 27.8 Å². The standard InChI is InChI=1S/C42H62N8O6S/c43-21-11-5-3-1-2-4-6-20-37(51)47-33(26-31-17-13-23-57-31)39(53)49-27-30-16-8-7-14-28(30)24-36(49)40(54)50-34-19-10-9-15-29(34)25-35(50)38(52)48-32(41(55)56)18-12-22-46-42(44)45/h7-8,13-14,16-17,23,29,32-36H,1-6,9-12,15,18-22,24-27,43H2,(H,47,51)(H,48,52)(H,55,56)(H4,44,45,46)/t29?,32-,33-,34?,35-,36-/m0/s1. The van der Waals surface area contributed by atoms with Crippen molar-refractivity contribution in [1.29, 1.82) is 0 Å². The second kappa shape index (κ2) is 21.9. The number of amides is 4. The Hall–Kier alpha value is -4.50. The van der Waals surface area contributed by atoms with E-state index < -0.39 is 36.0 Å². The zero-order chi connectivity index (χ0) is 40.7. The minimum Gasteiger partial charge on any atom is -0.480 e. The number of aliphatic imine (C=N–C) groups is 1. The number of nitrogens with one attached hydrogen (secondary N) is 2. The van der Waals surface area contributed by atoms with Crippen LogP contribution in [0.5, 0.6) is 0 Å². The molecule has 1 aliphatic carbocycles. The van der Waals surface area contributed by atoms with Crippen LogP contribution in [0.2, 0.25) is 0 Å². The van der Waals surface area contributed by atoms with Gasteiger partial charge in [0.1, 0.15) is 24.2 Å². The van der Waals surface area contributed by atoms with Gasteiger partial charge in [-0.1, -0.05) is 75.3 Å². The number of hydrogen-bond acceptors (Lipinski definition) is 8. The van der Waals surface area contributed by atoms with Crippen LogP contribution in [0.4, 0.5) is 0 Å². The Kier molecular flexibility index (Phi) is 16.7. The molecule has 9 N–H and O–H groups in total. The first kappa shape index (κ1) is 43.6. The van der Waals surface area contributed by atoms with E-state index in [1.54, 1.807) is 9.80 Å². The van der Waals surface area contributed by atoms with Gasteiger partial charge in [-0.25, -0.2) is 4.79 Å². The molecule has 0 radical (unpaired) electrons. The number of thiophene rings is 1. The number of hydrogen-bond donors (Lipinski definition) is 6. The van der Waals surface area contributed by atoms with E-state index in [-0.39, 0.29) is 61.6 Å². The lowest BCUT2D eigenvalue weighted by atomic mass is 9.84. The SMILES string of the molecule is NCCCCCCCCCC(=O)N[C@@H](Cc1cccs1)C(=O)N1Cc2ccccc2C[C@H]1C(=O)N1C2CCCCC2C[C@H]1C(=O)N[C@@H](CCCN=C(N)N)C(=O)O. The fraction of sp³-hybridized carbons (Fsp3) is 0.619. The molecule has 3 aliphatic rings. The summed E-state index contributed by atoms with van der Waals surface area (Å²) in [5.41, 5.74) is 18.3. The normalized spacial score (nSPS) is 21.1. The third-order valence-electron chi connectivity index (χ3n) is 11.7. The second-order valence-electron chi connectivity index (χ2n) is 15.8. The number of guanidine groups is 1. The third kappa shape index (κ3) is 12.2. The Bertz CT molecular complexity index is 1680. The van der Waals surface area contributed by atoms with Crippen LogP contribution >= 0.6 is 11.3 Å². The van der Waals surface area contributed by atoms with Crippen LogP contribution in [-0.2, 0) is 43.4 Å². The van der Waals surface area contributed by atoms with Gasteiger partial charge in [0.05, 0.1) is 0 Å². The molecule has 0 spiro atoms. The van der Waals surface area contributed by atoms with E-state index in [0.29, 0.717) is 32.2 Å². The number of fused-ring (bicyclic) bond motifs is 2. The van der Waals surface area contributed by atoms with Crippen molar-refractivity contribution in [3.05, 3.63) is 57.8 Å². The van der Waals surface area contributed by atoms with Crippen LogP contribution in [0.15, 0.2) is 46.8 Å². The van der Waals surface area contributed by atoms with Gasteiger partial charge < -0.3 is 42.7 Å². The highest BCUT2D eigenvalue weighted by atomic mass is 32.1. The zero-order valence-electron chi connectivity index (χ0n) is 33.1. The van der Waals surface area contributed by atoms with Crippen LogP contribution in [0.25, 0.3) is 0 Å². The first-order chi connectivity index (χ1) is 27.6. The minimum absolute atomic E-state index is 0.0837. The number of aliphatic carboxylic acids is 1. The number of carboxylic acids is 1. The number of rotatable bonds is 21. The molecule has 2 unspecified atom stereocenters. The predicted molar refractivity (Wildman–Crippen MR) is 221 cm³/mol. The van der Waals surface area contributed by atoms with Gasteiger partial charge in [-0.2, -0.15) is 0 Å². The maximum atomic E-state index is 15.1. The van der Waals surface area contributed by atoms with Gasteiger partial charge >= 0.3 is 5.97 Å². The van der Waals surface area contributed by atoms with E-state index in [2.05, 4.69) is 15.6 Å². The van der Waals surface area contributed by atoms with Crippen molar-refractivity contribution in [2.45, 2.75) is 146 Å². The summed E-state index contributed by atoms with van der Waals surface area (Å²) in [7, 11) is 0. The summed E-state index contributed by atoms with van der Waals surface area (Å²) in [4.78, 5) is 77.9. The monoisotopic (exact) mass is 806 g/mol. The lowest BCUT2D eigenvalue weighted by molar-refractivity contribution is -0.153. The van der Waals surface area contributed by atoms with Crippen LogP contribution in [0.3, 0.4) is 0 Å². The molecule has 1 aromatic carbocycles. The highest BCUT2D eigenvalue weighted by Crippen LogP contribution is 2.41. The molecule has 312 valence electrons. The molecular formula is C42H62N8O6S. The van der Waals surface area contributed by atoms with Crippen LogP contribution in [-0.4, -0.2) is 93.8 Å². The van der Waals surface area contributed by atoms with Gasteiger partial charge in [0.2, 0.25) is 23.6 Å². The van der Waals surface area contributed by atoms with Gasteiger partial charge in [-0.3, -0.25) is 24.2 Å². The molecule has 1 saturated carbocycles. The molecule has 2 fully saturated rings. The quantitative estimate of drug-likeness (QED) is 0.0615. The van der Waals surface area contributed by atoms with Crippen molar-refractivity contribution in [3.63, 3.8) is 0 Å². The molecule has 3 heterocycles. The zero-order valence-corrected chi connectivity index (χ0v) is 33.9. The molecule has 1 saturated heterocycles. The number of likely N-dealkylation sites (tertiary alicyclic amines) is 1. The molecule has 15 heteroatoms. The maximum absolute atomic E-state index is 15.1. The number of carbonyl (C=O) groups is 5. The molecule has 2 aliphatic heterocycles. The molecule has 1 aromatic heterocycles. The lowest BCUT2D eigenvalue weighted by Gasteiger charge is -2.42. The Balaban J connectivity index is 1.36. The summed E-state index contributed by atoms with van der Waals surface area (Å²) in [5.74, 6) is -2.56. The lowest BCUT2D eigenvalue weighted by Crippen LogP contribution is -2.61. The average molecular weight is 807 g/mol. The number of carbonyl (C=O) groups excluding carboxylic acids is 4. The number of carboxylic acid groups (broad SMARTS) is 1. The summed E-state index contributed by atoms with van der Waals surface area (Å²) in [6.45, 7) is 1.11. The largest absolute Gasteiger partial charge is 0.480 e. The molecule has 14 nitrogen and oxygen atoms in total. The maximum Gasteiger partial charge on any atom is 0.326 e. The average Bonchev–Trinajstić information content (AvgIpc) is 3.87. The van der Waals surface area contributed by atoms with Gasteiger partial charge in [0.15, 0.2) is 5.96 Å². The fourth-order valence-corrected chi connectivity index (χ4v) is 9.55. The van der Waals surface area contributed by atoms with Crippen LogP contribution in [0.1, 0.15) is 112 Å². The van der Waals surface area contributed by atoms with Crippen molar-refractivity contribution < 1.29 is 29.1 Å².